The monoisotopic (exact) mass is 236 g/mol. The van der Waals surface area contributed by atoms with Crippen LogP contribution >= 0.6 is 0 Å². The first-order valence-electron chi connectivity index (χ1n) is 6.22. The standard InChI is InChI=1S/C12H20N4O/c1-10-8-11(2-3-14-10)12(17)15-5-7-16-6-4-13-9-16/h4,6,9-11,14H,2-3,5,7-8H2,1H3,(H,15,17). The lowest BCUT2D eigenvalue weighted by atomic mass is 9.92. The van der Waals surface area contributed by atoms with E-state index in [-0.39, 0.29) is 11.8 Å². The zero-order chi connectivity index (χ0) is 12.1. The lowest BCUT2D eigenvalue weighted by molar-refractivity contribution is -0.126. The molecule has 2 unspecified atom stereocenters. The summed E-state index contributed by atoms with van der Waals surface area (Å²) in [5, 5.41) is 6.35. The quantitative estimate of drug-likeness (QED) is 0.795. The molecule has 5 nitrogen and oxygen atoms in total. The molecular weight excluding hydrogens is 216 g/mol. The van der Waals surface area contributed by atoms with Gasteiger partial charge in [-0.1, -0.05) is 0 Å². The van der Waals surface area contributed by atoms with E-state index >= 15 is 0 Å². The molecule has 0 saturated carbocycles. The van der Waals surface area contributed by atoms with Gasteiger partial charge < -0.3 is 15.2 Å². The molecule has 1 aliphatic heterocycles. The number of carbonyl (C=O) groups excluding carboxylic acids is 1. The number of aromatic nitrogens is 2. The Morgan fingerprint density at radius 1 is 1.65 bits per heavy atom. The Bertz CT molecular complexity index is 349. The molecule has 2 N–H and O–H groups in total. The number of piperidine rings is 1. The maximum Gasteiger partial charge on any atom is 0.223 e. The molecule has 0 bridgehead atoms. The zero-order valence-corrected chi connectivity index (χ0v) is 10.2. The first kappa shape index (κ1) is 12.1. The molecule has 1 amide bonds. The van der Waals surface area contributed by atoms with Crippen LogP contribution < -0.4 is 10.6 Å². The first-order chi connectivity index (χ1) is 8.25. The summed E-state index contributed by atoms with van der Waals surface area (Å²) in [6.45, 7) is 4.53. The fraction of sp³-hybridized carbons (Fsp3) is 0.667. The van der Waals surface area contributed by atoms with Gasteiger partial charge in [0.15, 0.2) is 0 Å². The lowest BCUT2D eigenvalue weighted by Crippen LogP contribution is -2.42. The molecule has 2 atom stereocenters. The van der Waals surface area contributed by atoms with E-state index in [1.54, 1.807) is 12.5 Å². The van der Waals surface area contributed by atoms with Crippen molar-refractivity contribution in [1.29, 1.82) is 0 Å². The molecule has 0 aromatic carbocycles. The predicted octanol–water partition coefficient (Wildman–Crippen LogP) is 0.387. The Balaban J connectivity index is 1.70. The van der Waals surface area contributed by atoms with E-state index in [2.05, 4.69) is 22.5 Å². The second-order valence-corrected chi connectivity index (χ2v) is 4.67. The molecule has 2 heterocycles. The SMILES string of the molecule is CC1CC(C(=O)NCCn2ccnc2)CCN1. The van der Waals surface area contributed by atoms with Gasteiger partial charge in [0.05, 0.1) is 6.33 Å². The van der Waals surface area contributed by atoms with Crippen LogP contribution in [0.5, 0.6) is 0 Å². The molecule has 2 rings (SSSR count). The number of hydrogen-bond acceptors (Lipinski definition) is 3. The molecule has 5 heteroatoms. The highest BCUT2D eigenvalue weighted by molar-refractivity contribution is 5.78. The van der Waals surface area contributed by atoms with Crippen LogP contribution in [0, 0.1) is 5.92 Å². The Labute approximate surface area is 102 Å². The third-order valence-corrected chi connectivity index (χ3v) is 3.22. The van der Waals surface area contributed by atoms with Crippen LogP contribution in [-0.2, 0) is 11.3 Å². The van der Waals surface area contributed by atoms with Crippen molar-refractivity contribution in [3.05, 3.63) is 18.7 Å². The largest absolute Gasteiger partial charge is 0.354 e. The highest BCUT2D eigenvalue weighted by Crippen LogP contribution is 2.15. The average molecular weight is 236 g/mol. The van der Waals surface area contributed by atoms with Crippen molar-refractivity contribution < 1.29 is 4.79 Å². The van der Waals surface area contributed by atoms with Crippen molar-refractivity contribution >= 4 is 5.91 Å². The van der Waals surface area contributed by atoms with Crippen molar-refractivity contribution in [3.8, 4) is 0 Å². The minimum absolute atomic E-state index is 0.175. The van der Waals surface area contributed by atoms with E-state index in [0.717, 1.165) is 25.9 Å². The molecule has 0 spiro atoms. The normalized spacial score (nSPS) is 24.5. The van der Waals surface area contributed by atoms with Crippen LogP contribution in [0.3, 0.4) is 0 Å². The number of nitrogens with zero attached hydrogens (tertiary/aromatic N) is 2. The van der Waals surface area contributed by atoms with Crippen LogP contribution in [-0.4, -0.2) is 34.6 Å². The summed E-state index contributed by atoms with van der Waals surface area (Å²) >= 11 is 0. The van der Waals surface area contributed by atoms with Gasteiger partial charge in [-0.15, -0.1) is 0 Å². The van der Waals surface area contributed by atoms with Crippen molar-refractivity contribution in [2.45, 2.75) is 32.4 Å². The van der Waals surface area contributed by atoms with E-state index in [1.165, 1.54) is 0 Å². The minimum atomic E-state index is 0.175. The van der Waals surface area contributed by atoms with E-state index in [9.17, 15) is 4.79 Å². The van der Waals surface area contributed by atoms with Gasteiger partial charge in [-0.05, 0) is 26.3 Å². The van der Waals surface area contributed by atoms with E-state index in [1.807, 2.05) is 10.8 Å². The molecule has 1 aromatic heterocycles. The summed E-state index contributed by atoms with van der Waals surface area (Å²) in [4.78, 5) is 15.9. The second-order valence-electron chi connectivity index (χ2n) is 4.67. The topological polar surface area (TPSA) is 59.0 Å². The van der Waals surface area contributed by atoms with E-state index < -0.39 is 0 Å². The van der Waals surface area contributed by atoms with Crippen molar-refractivity contribution in [2.24, 2.45) is 5.92 Å². The molecule has 0 radical (unpaired) electrons. The van der Waals surface area contributed by atoms with E-state index in [0.29, 0.717) is 12.6 Å². The molecule has 1 aromatic rings. The Kier molecular flexibility index (Phi) is 4.14. The van der Waals surface area contributed by atoms with Gasteiger partial charge in [-0.25, -0.2) is 4.98 Å². The minimum Gasteiger partial charge on any atom is -0.354 e. The van der Waals surface area contributed by atoms with E-state index in [4.69, 9.17) is 0 Å². The van der Waals surface area contributed by atoms with Crippen molar-refractivity contribution in [1.82, 2.24) is 20.2 Å². The highest BCUT2D eigenvalue weighted by Gasteiger charge is 2.24. The van der Waals surface area contributed by atoms with Gasteiger partial charge in [0.1, 0.15) is 0 Å². The number of imidazole rings is 1. The van der Waals surface area contributed by atoms with Gasteiger partial charge in [-0.3, -0.25) is 4.79 Å². The Morgan fingerprint density at radius 2 is 2.53 bits per heavy atom. The summed E-state index contributed by atoms with van der Waals surface area (Å²) in [6, 6.07) is 0.452. The number of carbonyl (C=O) groups is 1. The fourth-order valence-corrected chi connectivity index (χ4v) is 2.24. The first-order valence-corrected chi connectivity index (χ1v) is 6.22. The van der Waals surface area contributed by atoms with Gasteiger partial charge >= 0.3 is 0 Å². The van der Waals surface area contributed by atoms with Gasteiger partial charge in [0, 0.05) is 37.4 Å². The third kappa shape index (κ3) is 3.56. The zero-order valence-electron chi connectivity index (χ0n) is 10.2. The smallest absolute Gasteiger partial charge is 0.223 e. The number of amides is 1. The average Bonchev–Trinajstić information content (AvgIpc) is 2.82. The maximum atomic E-state index is 11.9. The molecule has 0 aliphatic carbocycles. The van der Waals surface area contributed by atoms with Crippen LogP contribution in [0.4, 0.5) is 0 Å². The maximum absolute atomic E-state index is 11.9. The molecule has 94 valence electrons. The summed E-state index contributed by atoms with van der Waals surface area (Å²) in [7, 11) is 0. The predicted molar refractivity (Wildman–Crippen MR) is 65.4 cm³/mol. The highest BCUT2D eigenvalue weighted by atomic mass is 16.1. The molecular formula is C12H20N4O. The summed E-state index contributed by atoms with van der Waals surface area (Å²) in [5.74, 6) is 0.368. The summed E-state index contributed by atoms with van der Waals surface area (Å²) < 4.78 is 1.96. The lowest BCUT2D eigenvalue weighted by Gasteiger charge is -2.27. The second kappa shape index (κ2) is 5.82. The van der Waals surface area contributed by atoms with Gasteiger partial charge in [-0.2, -0.15) is 0 Å². The molecule has 1 fully saturated rings. The van der Waals surface area contributed by atoms with Crippen LogP contribution in [0.25, 0.3) is 0 Å². The van der Waals surface area contributed by atoms with Crippen LogP contribution in [0.15, 0.2) is 18.7 Å². The van der Waals surface area contributed by atoms with Crippen LogP contribution in [0.1, 0.15) is 19.8 Å². The Morgan fingerprint density at radius 3 is 3.24 bits per heavy atom. The number of nitrogens with one attached hydrogen (secondary N) is 2. The molecule has 1 saturated heterocycles. The molecule has 1 aliphatic rings. The van der Waals surface area contributed by atoms with Gasteiger partial charge in [0.25, 0.3) is 0 Å². The summed E-state index contributed by atoms with van der Waals surface area (Å²) in [5.41, 5.74) is 0. The van der Waals surface area contributed by atoms with Crippen LogP contribution in [0.2, 0.25) is 0 Å². The molecule has 17 heavy (non-hydrogen) atoms. The third-order valence-electron chi connectivity index (χ3n) is 3.22. The van der Waals surface area contributed by atoms with Crippen molar-refractivity contribution in [2.75, 3.05) is 13.1 Å². The summed E-state index contributed by atoms with van der Waals surface area (Å²) in [6.07, 6.45) is 7.30. The number of hydrogen-bond donors (Lipinski definition) is 2. The van der Waals surface area contributed by atoms with Crippen molar-refractivity contribution in [3.63, 3.8) is 0 Å². The van der Waals surface area contributed by atoms with Gasteiger partial charge in [0.2, 0.25) is 5.91 Å². The Hall–Kier alpha value is -1.36. The fourth-order valence-electron chi connectivity index (χ4n) is 2.24. The number of rotatable bonds is 4.